The quantitative estimate of drug-likeness (QED) is 0.745. The van der Waals surface area contributed by atoms with Gasteiger partial charge in [0.1, 0.15) is 0 Å². The predicted molar refractivity (Wildman–Crippen MR) is 105 cm³/mol. The molecule has 2 fully saturated rings. The SMILES string of the molecule is C[C@@H]1CNCCN1CC(=O)NCc1ccccc1S(=O)(=O)N1CCCCC1. The van der Waals surface area contributed by atoms with Crippen LogP contribution in [0.1, 0.15) is 31.7 Å². The van der Waals surface area contributed by atoms with Crippen LogP contribution in [0.15, 0.2) is 29.2 Å². The molecular formula is C19H30N4O3S. The van der Waals surface area contributed by atoms with Gasteiger partial charge in [-0.3, -0.25) is 9.69 Å². The van der Waals surface area contributed by atoms with Crippen molar-refractivity contribution in [2.75, 3.05) is 39.3 Å². The van der Waals surface area contributed by atoms with Crippen LogP contribution in [-0.4, -0.2) is 68.8 Å². The van der Waals surface area contributed by atoms with E-state index in [1.54, 1.807) is 22.5 Å². The number of amides is 1. The van der Waals surface area contributed by atoms with Crippen molar-refractivity contribution in [1.29, 1.82) is 0 Å². The largest absolute Gasteiger partial charge is 0.351 e. The molecule has 27 heavy (non-hydrogen) atoms. The Bertz CT molecular complexity index is 747. The highest BCUT2D eigenvalue weighted by atomic mass is 32.2. The van der Waals surface area contributed by atoms with Gasteiger partial charge in [-0.05, 0) is 31.4 Å². The van der Waals surface area contributed by atoms with E-state index in [2.05, 4.69) is 22.5 Å². The van der Waals surface area contributed by atoms with E-state index >= 15 is 0 Å². The van der Waals surface area contributed by atoms with Gasteiger partial charge in [-0.2, -0.15) is 4.31 Å². The summed E-state index contributed by atoms with van der Waals surface area (Å²) in [5, 5.41) is 6.20. The number of carbonyl (C=O) groups is 1. The van der Waals surface area contributed by atoms with E-state index in [4.69, 9.17) is 0 Å². The van der Waals surface area contributed by atoms with Gasteiger partial charge >= 0.3 is 0 Å². The highest BCUT2D eigenvalue weighted by Crippen LogP contribution is 2.23. The Balaban J connectivity index is 1.64. The lowest BCUT2D eigenvalue weighted by atomic mass is 10.2. The van der Waals surface area contributed by atoms with Crippen molar-refractivity contribution in [2.24, 2.45) is 0 Å². The van der Waals surface area contributed by atoms with E-state index in [1.807, 2.05) is 6.07 Å². The first kappa shape index (κ1) is 20.3. The second-order valence-electron chi connectivity index (χ2n) is 7.37. The van der Waals surface area contributed by atoms with Gasteiger partial charge in [0.2, 0.25) is 15.9 Å². The van der Waals surface area contributed by atoms with Crippen LogP contribution in [0.25, 0.3) is 0 Å². The molecule has 2 aliphatic heterocycles. The Labute approximate surface area is 162 Å². The van der Waals surface area contributed by atoms with Crippen molar-refractivity contribution in [3.05, 3.63) is 29.8 Å². The summed E-state index contributed by atoms with van der Waals surface area (Å²) in [6.07, 6.45) is 2.89. The van der Waals surface area contributed by atoms with Crippen LogP contribution in [0.5, 0.6) is 0 Å². The van der Waals surface area contributed by atoms with Gasteiger partial charge in [0.05, 0.1) is 11.4 Å². The van der Waals surface area contributed by atoms with Crippen LogP contribution in [-0.2, 0) is 21.4 Å². The molecule has 0 bridgehead atoms. The minimum Gasteiger partial charge on any atom is -0.351 e. The normalized spacial score (nSPS) is 22.5. The topological polar surface area (TPSA) is 81.8 Å². The standard InChI is InChI=1S/C19H30N4O3S/c1-16-13-20-9-12-22(16)15-19(24)21-14-17-7-3-4-8-18(17)27(25,26)23-10-5-2-6-11-23/h3-4,7-8,16,20H,2,5-6,9-15H2,1H3,(H,21,24)/t16-/m1/s1. The number of nitrogens with one attached hydrogen (secondary N) is 2. The number of rotatable bonds is 6. The van der Waals surface area contributed by atoms with Crippen LogP contribution in [0.2, 0.25) is 0 Å². The predicted octanol–water partition coefficient (Wildman–Crippen LogP) is 0.771. The molecule has 0 saturated carbocycles. The lowest BCUT2D eigenvalue weighted by molar-refractivity contribution is -0.123. The molecule has 0 radical (unpaired) electrons. The molecule has 0 unspecified atom stereocenters. The zero-order valence-electron chi connectivity index (χ0n) is 16.0. The first-order valence-corrected chi connectivity index (χ1v) is 11.2. The maximum Gasteiger partial charge on any atom is 0.243 e. The van der Waals surface area contributed by atoms with Crippen molar-refractivity contribution in [3.8, 4) is 0 Å². The summed E-state index contributed by atoms with van der Waals surface area (Å²) in [7, 11) is -3.51. The number of nitrogens with zero attached hydrogens (tertiary/aromatic N) is 2. The van der Waals surface area contributed by atoms with E-state index in [0.717, 1.165) is 38.9 Å². The van der Waals surface area contributed by atoms with Gasteiger partial charge < -0.3 is 10.6 Å². The Hall–Kier alpha value is -1.48. The van der Waals surface area contributed by atoms with Crippen LogP contribution in [0.3, 0.4) is 0 Å². The molecule has 2 aliphatic rings. The van der Waals surface area contributed by atoms with Crippen molar-refractivity contribution in [1.82, 2.24) is 19.8 Å². The van der Waals surface area contributed by atoms with Crippen molar-refractivity contribution in [3.63, 3.8) is 0 Å². The average Bonchev–Trinajstić information content (AvgIpc) is 2.69. The fourth-order valence-corrected chi connectivity index (χ4v) is 5.44. The van der Waals surface area contributed by atoms with E-state index in [9.17, 15) is 13.2 Å². The van der Waals surface area contributed by atoms with E-state index in [-0.39, 0.29) is 12.5 Å². The van der Waals surface area contributed by atoms with E-state index < -0.39 is 10.0 Å². The highest BCUT2D eigenvalue weighted by Gasteiger charge is 2.28. The minimum atomic E-state index is -3.51. The van der Waals surface area contributed by atoms with Crippen LogP contribution < -0.4 is 10.6 Å². The molecule has 7 nitrogen and oxygen atoms in total. The van der Waals surface area contributed by atoms with Crippen molar-refractivity contribution < 1.29 is 13.2 Å². The number of piperazine rings is 1. The number of benzene rings is 1. The van der Waals surface area contributed by atoms with Gasteiger partial charge in [-0.15, -0.1) is 0 Å². The smallest absolute Gasteiger partial charge is 0.243 e. The van der Waals surface area contributed by atoms with Crippen LogP contribution in [0.4, 0.5) is 0 Å². The summed E-state index contributed by atoms with van der Waals surface area (Å²) in [6, 6.07) is 7.30. The first-order chi connectivity index (χ1) is 13.0. The van der Waals surface area contributed by atoms with Crippen molar-refractivity contribution in [2.45, 2.75) is 43.7 Å². The molecule has 2 N–H and O–H groups in total. The first-order valence-electron chi connectivity index (χ1n) is 9.78. The van der Waals surface area contributed by atoms with Gasteiger partial charge in [-0.25, -0.2) is 8.42 Å². The summed E-state index contributed by atoms with van der Waals surface area (Å²) in [6.45, 7) is 6.41. The maximum atomic E-state index is 13.0. The van der Waals surface area contributed by atoms with Gasteiger partial charge in [0.25, 0.3) is 0 Å². The number of piperidine rings is 1. The maximum absolute atomic E-state index is 13.0. The average molecular weight is 395 g/mol. The second-order valence-corrected chi connectivity index (χ2v) is 9.28. The number of sulfonamides is 1. The monoisotopic (exact) mass is 394 g/mol. The minimum absolute atomic E-state index is 0.0751. The molecule has 0 aliphatic carbocycles. The Morgan fingerprint density at radius 3 is 2.67 bits per heavy atom. The summed E-state index contributed by atoms with van der Waals surface area (Å²) in [5.74, 6) is -0.0751. The number of carbonyl (C=O) groups excluding carboxylic acids is 1. The van der Waals surface area contributed by atoms with Crippen LogP contribution >= 0.6 is 0 Å². The molecule has 1 amide bonds. The molecule has 2 heterocycles. The lowest BCUT2D eigenvalue weighted by Gasteiger charge is -2.33. The summed E-state index contributed by atoms with van der Waals surface area (Å²) in [5.41, 5.74) is 0.643. The summed E-state index contributed by atoms with van der Waals surface area (Å²) in [4.78, 5) is 14.8. The molecule has 1 aromatic carbocycles. The molecule has 150 valence electrons. The molecule has 1 aromatic rings. The van der Waals surface area contributed by atoms with Gasteiger partial charge in [0.15, 0.2) is 0 Å². The molecule has 1 atom stereocenters. The Kier molecular flexibility index (Phi) is 6.86. The zero-order chi connectivity index (χ0) is 19.3. The molecular weight excluding hydrogens is 364 g/mol. The Morgan fingerprint density at radius 2 is 1.93 bits per heavy atom. The van der Waals surface area contributed by atoms with Gasteiger partial charge in [-0.1, -0.05) is 24.6 Å². The highest BCUT2D eigenvalue weighted by molar-refractivity contribution is 7.89. The van der Waals surface area contributed by atoms with Crippen molar-refractivity contribution >= 4 is 15.9 Å². The number of hydrogen-bond acceptors (Lipinski definition) is 5. The molecule has 0 spiro atoms. The second kappa shape index (κ2) is 9.14. The Morgan fingerprint density at radius 1 is 1.19 bits per heavy atom. The lowest BCUT2D eigenvalue weighted by Crippen LogP contribution is -2.52. The molecule has 8 heteroatoms. The molecule has 2 saturated heterocycles. The fourth-order valence-electron chi connectivity index (χ4n) is 3.70. The number of hydrogen-bond donors (Lipinski definition) is 2. The summed E-state index contributed by atoms with van der Waals surface area (Å²) < 4.78 is 27.6. The molecule has 3 rings (SSSR count). The molecule has 0 aromatic heterocycles. The van der Waals surface area contributed by atoms with E-state index in [0.29, 0.717) is 36.1 Å². The third kappa shape index (κ3) is 5.07. The summed E-state index contributed by atoms with van der Waals surface area (Å²) >= 11 is 0. The van der Waals surface area contributed by atoms with Crippen LogP contribution in [0, 0.1) is 0 Å². The van der Waals surface area contributed by atoms with E-state index in [1.165, 1.54) is 0 Å². The third-order valence-corrected chi connectivity index (χ3v) is 7.37. The fraction of sp³-hybridized carbons (Fsp3) is 0.632. The zero-order valence-corrected chi connectivity index (χ0v) is 16.8. The third-order valence-electron chi connectivity index (χ3n) is 5.37. The van der Waals surface area contributed by atoms with Gasteiger partial charge in [0, 0.05) is 45.3 Å².